The quantitative estimate of drug-likeness (QED) is 0.0244. The number of nitrogen functional groups attached to an aromatic ring is 2. The van der Waals surface area contributed by atoms with E-state index >= 15 is 0 Å². The molecule has 44 heteroatoms. The molecule has 0 spiro atoms. The largest absolute Gasteiger partial charge is 0.445 e. The summed E-state index contributed by atoms with van der Waals surface area (Å²) in [4.78, 5) is 152. The first-order valence-corrected chi connectivity index (χ1v) is 42.8. The van der Waals surface area contributed by atoms with E-state index < -0.39 is 41.9 Å². The summed E-state index contributed by atoms with van der Waals surface area (Å²) in [6, 6.07) is 15.6. The molecule has 0 bridgehead atoms. The molecule has 44 nitrogen and oxygen atoms in total. The average molecular weight is 1770 g/mol. The van der Waals surface area contributed by atoms with Crippen LogP contribution in [0.25, 0.3) is 44.4 Å². The van der Waals surface area contributed by atoms with Gasteiger partial charge in [0.2, 0.25) is 35.4 Å². The van der Waals surface area contributed by atoms with Crippen LogP contribution in [0, 0.1) is 19.8 Å². The van der Waals surface area contributed by atoms with E-state index in [1.807, 2.05) is 46.0 Å². The fraction of sp³-hybridized carbons (Fsp3) is 0.566. The van der Waals surface area contributed by atoms with Gasteiger partial charge >= 0.3 is 23.5 Å². The molecule has 2 fully saturated rings. The zero-order valence-electron chi connectivity index (χ0n) is 72.9. The average Bonchev–Trinajstić information content (AvgIpc) is 1.63. The third-order valence-corrected chi connectivity index (χ3v) is 20.9. The van der Waals surface area contributed by atoms with Crippen molar-refractivity contribution >= 4 is 109 Å². The van der Waals surface area contributed by atoms with E-state index in [1.165, 1.54) is 23.0 Å². The van der Waals surface area contributed by atoms with Gasteiger partial charge in [0.1, 0.15) is 52.4 Å². The predicted octanol–water partition coefficient (Wildman–Crippen LogP) is 2.38. The molecule has 127 heavy (non-hydrogen) atoms. The Bertz CT molecular complexity index is 5220. The molecule has 0 aliphatic heterocycles. The Morgan fingerprint density at radius 1 is 0.528 bits per heavy atom. The molecule has 6 heterocycles. The van der Waals surface area contributed by atoms with Crippen molar-refractivity contribution in [2.45, 2.75) is 163 Å². The molecule has 11 rings (SSSR count). The summed E-state index contributed by atoms with van der Waals surface area (Å²) in [5, 5.41) is 33.6. The number of amides is 9. The molecule has 2 atom stereocenters. The monoisotopic (exact) mass is 1770 g/mol. The maximum Gasteiger partial charge on any atom is 0.410 e. The van der Waals surface area contributed by atoms with Crippen LogP contribution in [-0.4, -0.2) is 289 Å². The number of benzene rings is 3. The zero-order valence-corrected chi connectivity index (χ0v) is 72.9. The Hall–Kier alpha value is -12.2. The molecule has 0 radical (unpaired) electrons. The molecule has 9 aromatic rings. The number of aromatic amines is 2. The number of carbonyl (C=O) groups is 8. The number of aryl methyl sites for hydroxylation is 2. The predicted molar refractivity (Wildman–Crippen MR) is 465 cm³/mol. The van der Waals surface area contributed by atoms with E-state index in [9.17, 15) is 47.9 Å². The third kappa shape index (κ3) is 30.5. The van der Waals surface area contributed by atoms with Gasteiger partial charge in [-0.2, -0.15) is 0 Å². The maximum atomic E-state index is 13.7. The van der Waals surface area contributed by atoms with Gasteiger partial charge in [-0.15, -0.1) is 10.2 Å². The van der Waals surface area contributed by atoms with Crippen LogP contribution in [0.4, 0.5) is 26.9 Å². The lowest BCUT2D eigenvalue weighted by molar-refractivity contribution is -0.137. The highest BCUT2D eigenvalue weighted by molar-refractivity contribution is 5.98. The van der Waals surface area contributed by atoms with E-state index in [4.69, 9.17) is 59.8 Å². The fourth-order valence-electron chi connectivity index (χ4n) is 13.8. The smallest absolute Gasteiger partial charge is 0.410 e. The Morgan fingerprint density at radius 2 is 0.969 bits per heavy atom. The fourth-order valence-corrected chi connectivity index (χ4v) is 13.8. The first-order valence-electron chi connectivity index (χ1n) is 42.8. The maximum absolute atomic E-state index is 13.7. The van der Waals surface area contributed by atoms with Crippen molar-refractivity contribution in [3.8, 4) is 0 Å². The number of H-pyrrole nitrogens is 2. The lowest BCUT2D eigenvalue weighted by Crippen LogP contribution is -2.54. The Kier molecular flexibility index (Phi) is 38.4. The van der Waals surface area contributed by atoms with Gasteiger partial charge in [-0.05, 0) is 124 Å². The number of rotatable bonds is 54. The Balaban J connectivity index is 0.000000293. The van der Waals surface area contributed by atoms with Crippen LogP contribution in [0.15, 0.2) is 70.3 Å². The van der Waals surface area contributed by atoms with E-state index in [2.05, 4.69) is 82.4 Å². The van der Waals surface area contributed by atoms with Crippen LogP contribution in [0.1, 0.15) is 120 Å². The highest BCUT2D eigenvalue weighted by Crippen LogP contribution is 2.29. The number of hydrogen-bond acceptors (Lipinski definition) is 29. The van der Waals surface area contributed by atoms with E-state index in [1.54, 1.807) is 61.5 Å². The second kappa shape index (κ2) is 50.2. The minimum Gasteiger partial charge on any atom is -0.445 e. The van der Waals surface area contributed by atoms with Crippen molar-refractivity contribution in [1.29, 1.82) is 0 Å². The number of urea groups is 1. The number of anilines is 3. The number of ether oxygens (including phenoxy) is 9. The van der Waals surface area contributed by atoms with Crippen molar-refractivity contribution in [3.63, 3.8) is 0 Å². The molecule has 690 valence electrons. The lowest BCUT2D eigenvalue weighted by Gasteiger charge is -2.37. The van der Waals surface area contributed by atoms with Gasteiger partial charge in [-0.1, -0.05) is 48.5 Å². The number of nitrogens with zero attached hydrogens (tertiary/aromatic N) is 14. The van der Waals surface area contributed by atoms with Gasteiger partial charge in [-0.25, -0.2) is 48.5 Å². The van der Waals surface area contributed by atoms with E-state index in [0.717, 1.165) is 60.7 Å². The van der Waals surface area contributed by atoms with Gasteiger partial charge in [0.25, 0.3) is 0 Å². The number of imidazole rings is 2. The molecule has 2 aliphatic carbocycles. The molecule has 0 saturated heterocycles. The summed E-state index contributed by atoms with van der Waals surface area (Å²) >= 11 is 0. The lowest BCUT2D eigenvalue weighted by atomic mass is 9.91. The molecule has 3 aromatic carbocycles. The van der Waals surface area contributed by atoms with Gasteiger partial charge in [-0.3, -0.25) is 37.9 Å². The number of aromatic nitrogens is 14. The van der Waals surface area contributed by atoms with Crippen LogP contribution in [-0.2, 0) is 104 Å². The van der Waals surface area contributed by atoms with Gasteiger partial charge in [0, 0.05) is 70.8 Å². The minimum absolute atomic E-state index is 0.0152. The van der Waals surface area contributed by atoms with Gasteiger partial charge in [0.15, 0.2) is 22.9 Å². The van der Waals surface area contributed by atoms with Crippen LogP contribution in [0.2, 0.25) is 0 Å². The number of primary amides is 1. The minimum atomic E-state index is -1.05. The van der Waals surface area contributed by atoms with E-state index in [0.29, 0.717) is 201 Å². The summed E-state index contributed by atoms with van der Waals surface area (Å²) in [5.74, 6) is -0.613. The zero-order chi connectivity index (χ0) is 90.6. The second-order valence-corrected chi connectivity index (χ2v) is 30.9. The summed E-state index contributed by atoms with van der Waals surface area (Å²) < 4.78 is 56.2. The van der Waals surface area contributed by atoms with Crippen LogP contribution in [0.3, 0.4) is 0 Å². The summed E-state index contributed by atoms with van der Waals surface area (Å²) in [5.41, 5.74) is 23.9. The van der Waals surface area contributed by atoms with Gasteiger partial charge in [0.05, 0.1) is 149 Å². The Labute approximate surface area is 732 Å². The molecule has 0 unspecified atom stereocenters. The molecule has 2 saturated carbocycles. The molecule has 9 amide bonds. The molecular weight excluding hydrogens is 1650 g/mol. The molecule has 14 N–H and O–H groups in total. The van der Waals surface area contributed by atoms with Crippen molar-refractivity contribution in [1.82, 2.24) is 105 Å². The number of fused-ring (bicyclic) bond motifs is 4. The summed E-state index contributed by atoms with van der Waals surface area (Å²) in [7, 11) is 0. The number of carbonyl (C=O) groups excluding carboxylic acids is 8. The standard InChI is InChI=1S/C51H73N15O12.C32H46N10O7/c1-32(2)43(60-42(68)16-21-74-23-25-76-27-28-77-26-24-75-22-18-54-34(4)67)48(70)59-39(9-6-17-55-49(53)71)47(69)58-37-13-10-35(11-14-37)31-78-51(73)64(38-7-5-8-38)19-20-66-41-15-12-36(29-40(41)62-63-66)30-65-46-44(61-50(65)72)45(52)56-33(3)57-46;1-22-35-30(33)29-31(36-22)41(32(45)37-29)21-24-6-7-27-26(20-24)38-39-42(27)11-10-40(25-4-3-5-25)28(44)8-12-46-14-16-48-18-19-49-17-15-47-13-9-34-23(2)43/h10-15,29,32,38-39,43H,5-9,16-28,30-31H2,1-4H3,(H,54,67)(H,58,69)(H,59,70)(H,60,68)(H,61,72)(H2,52,56,57)(H3,53,55,71);6-7,20,25H,3-5,8-19,21H2,1-2H3,(H,34,43)(H,37,45)(H2,33,35,36)/t39-,43-;/m0./s1. The summed E-state index contributed by atoms with van der Waals surface area (Å²) in [6.45, 7) is 19.1. The third-order valence-electron chi connectivity index (χ3n) is 20.9. The number of nitrogens with two attached hydrogens (primary N) is 3. The second-order valence-electron chi connectivity index (χ2n) is 30.9. The molecule has 2 aliphatic rings. The van der Waals surface area contributed by atoms with Crippen molar-refractivity contribution in [3.05, 3.63) is 110 Å². The molecular formula is C83H119N25O19. The van der Waals surface area contributed by atoms with Crippen molar-refractivity contribution < 1.29 is 81.0 Å². The van der Waals surface area contributed by atoms with Gasteiger partial charge < -0.3 is 112 Å². The van der Waals surface area contributed by atoms with E-state index in [-0.39, 0.29) is 111 Å². The molecule has 6 aromatic heterocycles. The van der Waals surface area contributed by atoms with Crippen LogP contribution >= 0.6 is 0 Å². The number of hydrogen-bond donors (Lipinski definition) is 11. The first kappa shape index (κ1) is 97.0. The summed E-state index contributed by atoms with van der Waals surface area (Å²) in [6.07, 6.45) is 6.04. The number of nitrogens with one attached hydrogen (secondary N) is 8. The highest BCUT2D eigenvalue weighted by Gasteiger charge is 2.33. The normalized spacial score (nSPS) is 13.2. The highest BCUT2D eigenvalue weighted by atomic mass is 16.6. The first-order chi connectivity index (χ1) is 61.3. The Morgan fingerprint density at radius 3 is 1.42 bits per heavy atom. The van der Waals surface area contributed by atoms with Crippen molar-refractivity contribution in [2.75, 3.05) is 155 Å². The SMILES string of the molecule is CC(=O)NCCOCCOCCOCCOCCC(=O)N(CCn1nnc2cc(Cn3c(=O)[nH]c4c(N)nc(C)nc43)ccc21)C1CCC1.CC(=O)NCCOCCOCCOCCOCCC(=O)N[C@H](C(=O)N[C@@H](CCCNC(N)=O)C(=O)Nc1ccc(COC(=O)N(CCn2nnc3cc(Cn4c(=O)[nH]c5c(N)nc(C)nc54)ccc32)C2CCC2)cc1)C(C)C. The van der Waals surface area contributed by atoms with Crippen LogP contribution in [0.5, 0.6) is 0 Å². The van der Waals surface area contributed by atoms with Crippen LogP contribution < -0.4 is 60.5 Å². The van der Waals surface area contributed by atoms with Crippen molar-refractivity contribution in [2.24, 2.45) is 11.7 Å². The topological polar surface area (TPSA) is 565 Å².